The SMILES string of the molecule is C1=CC2=c3c4c(ccc3=NC2C=C1)Oc1ccccc1N4.O[B]O. The second-order valence-electron chi connectivity index (χ2n) is 5.44. The molecule has 2 heterocycles. The molecule has 24 heavy (non-hydrogen) atoms. The highest BCUT2D eigenvalue weighted by Gasteiger charge is 2.24. The lowest BCUT2D eigenvalue weighted by Gasteiger charge is -2.22. The van der Waals surface area contributed by atoms with Crippen LogP contribution in [0.5, 0.6) is 11.5 Å². The van der Waals surface area contributed by atoms with Gasteiger partial charge in [-0.2, -0.15) is 0 Å². The van der Waals surface area contributed by atoms with Crippen molar-refractivity contribution < 1.29 is 14.8 Å². The number of anilines is 2. The molecule has 5 nitrogen and oxygen atoms in total. The molecule has 0 fully saturated rings. The highest BCUT2D eigenvalue weighted by atomic mass is 16.5. The number of allylic oxidation sites excluding steroid dienone is 2. The van der Waals surface area contributed by atoms with E-state index in [1.807, 2.05) is 36.4 Å². The van der Waals surface area contributed by atoms with Crippen molar-refractivity contribution in [2.45, 2.75) is 6.04 Å². The zero-order valence-electron chi connectivity index (χ0n) is 12.7. The Labute approximate surface area is 139 Å². The third kappa shape index (κ3) is 2.33. The highest BCUT2D eigenvalue weighted by molar-refractivity contribution is 6.13. The summed E-state index contributed by atoms with van der Waals surface area (Å²) in [5, 5.41) is 19.7. The first-order valence-corrected chi connectivity index (χ1v) is 7.56. The van der Waals surface area contributed by atoms with Crippen molar-refractivity contribution >= 4 is 24.6 Å². The van der Waals surface area contributed by atoms with Crippen LogP contribution in [-0.2, 0) is 0 Å². The molecule has 2 aliphatic heterocycles. The van der Waals surface area contributed by atoms with Gasteiger partial charge in [-0.25, -0.2) is 0 Å². The first-order valence-electron chi connectivity index (χ1n) is 7.56. The van der Waals surface area contributed by atoms with Crippen LogP contribution in [0.1, 0.15) is 0 Å². The largest absolute Gasteiger partial charge is 0.482 e. The predicted molar refractivity (Wildman–Crippen MR) is 92.7 cm³/mol. The van der Waals surface area contributed by atoms with E-state index < -0.39 is 0 Å². The zero-order valence-corrected chi connectivity index (χ0v) is 12.7. The topological polar surface area (TPSA) is 74.1 Å². The van der Waals surface area contributed by atoms with Crippen LogP contribution < -0.4 is 20.6 Å². The lowest BCUT2D eigenvalue weighted by atomic mass is 10.0. The van der Waals surface area contributed by atoms with Gasteiger partial charge in [0.25, 0.3) is 0 Å². The molecule has 3 aliphatic rings. The normalized spacial score (nSPS) is 17.8. The van der Waals surface area contributed by atoms with Gasteiger partial charge in [-0.3, -0.25) is 4.99 Å². The number of hydrogen-bond donors (Lipinski definition) is 3. The maximum Gasteiger partial charge on any atom is 0.482 e. The Morgan fingerprint density at radius 3 is 2.75 bits per heavy atom. The number of rotatable bonds is 0. The van der Waals surface area contributed by atoms with Crippen LogP contribution >= 0.6 is 0 Å². The molecular weight excluding hydrogens is 303 g/mol. The van der Waals surface area contributed by atoms with Gasteiger partial charge in [0.2, 0.25) is 0 Å². The monoisotopic (exact) mass is 317 g/mol. The van der Waals surface area contributed by atoms with Crippen LogP contribution in [0, 0.1) is 0 Å². The maximum atomic E-state index is 7.00. The standard InChI is InChI=1S/C18H12N2O.BH2O2/c1-2-6-12-11(5-1)17-14(19-12)9-10-16-18(17)20-13-7-3-4-8-15(13)21-16;2-1-3/h1-10,12,20H;2-3H. The third-order valence-corrected chi connectivity index (χ3v) is 4.08. The summed E-state index contributed by atoms with van der Waals surface area (Å²) in [6.45, 7) is 0. The van der Waals surface area contributed by atoms with E-state index in [-0.39, 0.29) is 13.7 Å². The number of hydrogen-bond acceptors (Lipinski definition) is 5. The molecule has 5 rings (SSSR count). The Balaban J connectivity index is 0.000000455. The smallest absolute Gasteiger partial charge is 0.453 e. The summed E-state index contributed by atoms with van der Waals surface area (Å²) in [6.07, 6.45) is 8.38. The van der Waals surface area contributed by atoms with Crippen molar-refractivity contribution in [1.29, 1.82) is 0 Å². The van der Waals surface area contributed by atoms with Crippen LogP contribution in [0.3, 0.4) is 0 Å². The molecule has 1 atom stereocenters. The second-order valence-corrected chi connectivity index (χ2v) is 5.44. The summed E-state index contributed by atoms with van der Waals surface area (Å²) >= 11 is 0. The molecule has 0 bridgehead atoms. The molecule has 117 valence electrons. The quantitative estimate of drug-likeness (QED) is 0.547. The Hall–Kier alpha value is -2.83. The van der Waals surface area contributed by atoms with Gasteiger partial charge in [-0.1, -0.05) is 36.4 Å². The molecule has 0 saturated heterocycles. The summed E-state index contributed by atoms with van der Waals surface area (Å²) in [4.78, 5) is 4.77. The zero-order chi connectivity index (χ0) is 16.5. The summed E-state index contributed by atoms with van der Waals surface area (Å²) in [6, 6.07) is 12.2. The van der Waals surface area contributed by atoms with E-state index in [4.69, 9.17) is 19.8 Å². The van der Waals surface area contributed by atoms with Crippen molar-refractivity contribution in [3.8, 4) is 11.5 Å². The summed E-state index contributed by atoms with van der Waals surface area (Å²) in [7, 11) is 0. The average molecular weight is 317 g/mol. The molecule has 0 amide bonds. The Morgan fingerprint density at radius 1 is 1.04 bits per heavy atom. The lowest BCUT2D eigenvalue weighted by Crippen LogP contribution is -2.28. The van der Waals surface area contributed by atoms with Gasteiger partial charge in [0.05, 0.1) is 22.8 Å². The molecule has 1 unspecified atom stereocenters. The van der Waals surface area contributed by atoms with E-state index in [0.29, 0.717) is 0 Å². The van der Waals surface area contributed by atoms with E-state index in [9.17, 15) is 0 Å². The highest BCUT2D eigenvalue weighted by Crippen LogP contribution is 2.39. The molecule has 0 aromatic heterocycles. The maximum absolute atomic E-state index is 7.00. The molecule has 1 radical (unpaired) electrons. The molecule has 0 spiro atoms. The molecule has 2 aromatic rings. The molecule has 6 heteroatoms. The molecule has 2 aromatic carbocycles. The minimum atomic E-state index is 0. The van der Waals surface area contributed by atoms with E-state index in [0.717, 1.165) is 33.4 Å². The predicted octanol–water partition coefficient (Wildman–Crippen LogP) is 1.32. The van der Waals surface area contributed by atoms with Crippen molar-refractivity contribution in [2.24, 2.45) is 4.99 Å². The third-order valence-electron chi connectivity index (χ3n) is 4.08. The Bertz CT molecular complexity index is 982. The minimum Gasteiger partial charge on any atom is -0.453 e. The fourth-order valence-electron chi connectivity index (χ4n) is 3.12. The lowest BCUT2D eigenvalue weighted by molar-refractivity contribution is 0.448. The van der Waals surface area contributed by atoms with E-state index in [1.165, 1.54) is 5.57 Å². The van der Waals surface area contributed by atoms with Crippen LogP contribution in [-0.4, -0.2) is 23.8 Å². The van der Waals surface area contributed by atoms with Crippen molar-refractivity contribution in [2.75, 3.05) is 5.32 Å². The molecule has 0 saturated carbocycles. The van der Waals surface area contributed by atoms with Crippen molar-refractivity contribution in [1.82, 2.24) is 0 Å². The first kappa shape index (κ1) is 14.7. The van der Waals surface area contributed by atoms with Crippen molar-refractivity contribution in [3.63, 3.8) is 0 Å². The molecule has 1 aliphatic carbocycles. The minimum absolute atomic E-state index is 0. The average Bonchev–Trinajstić information content (AvgIpc) is 3.00. The van der Waals surface area contributed by atoms with Gasteiger partial charge in [0, 0.05) is 5.22 Å². The number of benzene rings is 2. The number of fused-ring (bicyclic) bond motifs is 5. The summed E-state index contributed by atoms with van der Waals surface area (Å²) in [5.74, 6) is 1.72. The molecular formula is C18H14BN2O3. The van der Waals surface area contributed by atoms with Gasteiger partial charge >= 0.3 is 7.69 Å². The van der Waals surface area contributed by atoms with Crippen LogP contribution in [0.4, 0.5) is 11.4 Å². The van der Waals surface area contributed by atoms with Gasteiger partial charge in [-0.05, 0) is 29.8 Å². The van der Waals surface area contributed by atoms with E-state index >= 15 is 0 Å². The van der Waals surface area contributed by atoms with E-state index in [2.05, 4.69) is 29.6 Å². The van der Waals surface area contributed by atoms with Gasteiger partial charge < -0.3 is 20.1 Å². The number of nitrogens with zero attached hydrogens (tertiary/aromatic N) is 1. The van der Waals surface area contributed by atoms with Gasteiger partial charge in [-0.15, -0.1) is 0 Å². The fraction of sp³-hybridized carbons (Fsp3) is 0.0556. The first-order chi connectivity index (χ1) is 11.8. The Kier molecular flexibility index (Phi) is 3.68. The fourth-order valence-corrected chi connectivity index (χ4v) is 3.12. The van der Waals surface area contributed by atoms with Gasteiger partial charge in [0.1, 0.15) is 0 Å². The Morgan fingerprint density at radius 2 is 1.88 bits per heavy atom. The van der Waals surface area contributed by atoms with Gasteiger partial charge in [0.15, 0.2) is 11.5 Å². The number of nitrogens with one attached hydrogen (secondary N) is 1. The second kappa shape index (κ2) is 6.00. The van der Waals surface area contributed by atoms with Crippen LogP contribution in [0.25, 0.3) is 5.57 Å². The number of ether oxygens (including phenoxy) is 1. The van der Waals surface area contributed by atoms with E-state index in [1.54, 1.807) is 0 Å². The summed E-state index contributed by atoms with van der Waals surface area (Å²) in [5.41, 5.74) is 3.25. The molecule has 3 N–H and O–H groups in total. The van der Waals surface area contributed by atoms with Crippen molar-refractivity contribution in [3.05, 3.63) is 71.3 Å². The summed E-state index contributed by atoms with van der Waals surface area (Å²) < 4.78 is 6.02. The van der Waals surface area contributed by atoms with Crippen LogP contribution in [0.15, 0.2) is 65.7 Å². The van der Waals surface area contributed by atoms with Crippen LogP contribution in [0.2, 0.25) is 0 Å². The number of para-hydroxylation sites is 2.